The van der Waals surface area contributed by atoms with Crippen LogP contribution < -0.4 is 0 Å². The third-order valence-electron chi connectivity index (χ3n) is 4.33. The molecule has 102 valence electrons. The number of nitrogens with zero attached hydrogens (tertiary/aromatic N) is 1. The lowest BCUT2D eigenvalue weighted by Gasteiger charge is -2.41. The van der Waals surface area contributed by atoms with E-state index in [1.54, 1.807) is 0 Å². The van der Waals surface area contributed by atoms with Crippen molar-refractivity contribution in [1.82, 2.24) is 0 Å². The third kappa shape index (κ3) is 2.98. The highest BCUT2D eigenvalue weighted by Gasteiger charge is 2.39. The summed E-state index contributed by atoms with van der Waals surface area (Å²) in [5.41, 5.74) is 2.55. The number of ether oxygens (including phenoxy) is 1. The standard InChI is InChI=1S/C17H23NO/c1-13(2)16-12-17(8-10-18,9-11-19-16)15-6-4-14(3)5-7-15/h4-7,13,16H,8-9,11-12H2,1-3H3. The van der Waals surface area contributed by atoms with Gasteiger partial charge in [-0.1, -0.05) is 43.7 Å². The van der Waals surface area contributed by atoms with Crippen LogP contribution in [0.25, 0.3) is 0 Å². The summed E-state index contributed by atoms with van der Waals surface area (Å²) in [4.78, 5) is 0. The molecule has 1 aliphatic heterocycles. The smallest absolute Gasteiger partial charge is 0.0631 e. The summed E-state index contributed by atoms with van der Waals surface area (Å²) >= 11 is 0. The summed E-state index contributed by atoms with van der Waals surface area (Å²) in [6, 6.07) is 11.1. The van der Waals surface area contributed by atoms with E-state index in [0.717, 1.165) is 19.4 Å². The van der Waals surface area contributed by atoms with Crippen molar-refractivity contribution >= 4 is 0 Å². The van der Waals surface area contributed by atoms with Crippen LogP contribution in [0, 0.1) is 24.2 Å². The second kappa shape index (κ2) is 5.75. The lowest BCUT2D eigenvalue weighted by Crippen LogP contribution is -2.40. The SMILES string of the molecule is Cc1ccc(C2(CC#N)CCOC(C(C)C)C2)cc1. The molecule has 0 spiro atoms. The Hall–Kier alpha value is -1.33. The molecule has 1 aliphatic rings. The molecule has 19 heavy (non-hydrogen) atoms. The van der Waals surface area contributed by atoms with E-state index in [9.17, 15) is 5.26 Å². The first kappa shape index (κ1) is 14.1. The molecule has 0 radical (unpaired) electrons. The molecule has 0 saturated carbocycles. The largest absolute Gasteiger partial charge is 0.378 e. The molecule has 2 rings (SSSR count). The molecule has 0 amide bonds. The van der Waals surface area contributed by atoms with Crippen molar-refractivity contribution in [3.05, 3.63) is 35.4 Å². The zero-order valence-electron chi connectivity index (χ0n) is 12.1. The monoisotopic (exact) mass is 257 g/mol. The van der Waals surface area contributed by atoms with Gasteiger partial charge in [-0.25, -0.2) is 0 Å². The molecule has 2 nitrogen and oxygen atoms in total. The van der Waals surface area contributed by atoms with E-state index in [1.165, 1.54) is 11.1 Å². The maximum atomic E-state index is 9.23. The number of aryl methyl sites for hydroxylation is 1. The first-order valence-electron chi connectivity index (χ1n) is 7.13. The number of hydrogen-bond acceptors (Lipinski definition) is 2. The Balaban J connectivity index is 2.32. The Morgan fingerprint density at radius 2 is 2.05 bits per heavy atom. The fourth-order valence-electron chi connectivity index (χ4n) is 2.96. The van der Waals surface area contributed by atoms with Gasteiger partial charge < -0.3 is 4.74 Å². The van der Waals surface area contributed by atoms with Crippen molar-refractivity contribution in [3.8, 4) is 6.07 Å². The highest BCUT2D eigenvalue weighted by Crippen LogP contribution is 2.41. The van der Waals surface area contributed by atoms with Gasteiger partial charge in [-0.2, -0.15) is 5.26 Å². The van der Waals surface area contributed by atoms with Crippen molar-refractivity contribution in [2.75, 3.05) is 6.61 Å². The quantitative estimate of drug-likeness (QED) is 0.820. The molecule has 2 unspecified atom stereocenters. The Labute approximate surface area is 116 Å². The fourth-order valence-corrected chi connectivity index (χ4v) is 2.96. The molecule has 1 aromatic carbocycles. The first-order chi connectivity index (χ1) is 9.07. The summed E-state index contributed by atoms with van der Waals surface area (Å²) in [6.07, 6.45) is 2.76. The Kier molecular flexibility index (Phi) is 4.27. The van der Waals surface area contributed by atoms with Crippen LogP contribution in [0.4, 0.5) is 0 Å². The molecule has 1 fully saturated rings. The second-order valence-electron chi connectivity index (χ2n) is 6.09. The molecular weight excluding hydrogens is 234 g/mol. The van der Waals surface area contributed by atoms with Gasteiger partial charge in [0.2, 0.25) is 0 Å². The summed E-state index contributed by atoms with van der Waals surface area (Å²) in [6.45, 7) is 7.25. The molecule has 2 heteroatoms. The van der Waals surface area contributed by atoms with Crippen LogP contribution in [0.3, 0.4) is 0 Å². The molecule has 2 atom stereocenters. The number of benzene rings is 1. The van der Waals surface area contributed by atoms with Gasteiger partial charge in [0.25, 0.3) is 0 Å². The maximum absolute atomic E-state index is 9.23. The predicted octanol–water partition coefficient (Wildman–Crippen LogP) is 3.98. The Morgan fingerprint density at radius 3 is 2.63 bits per heavy atom. The molecule has 0 N–H and O–H groups in total. The average Bonchev–Trinajstić information content (AvgIpc) is 2.40. The van der Waals surface area contributed by atoms with E-state index in [0.29, 0.717) is 12.3 Å². The lowest BCUT2D eigenvalue weighted by molar-refractivity contribution is -0.0441. The van der Waals surface area contributed by atoms with Gasteiger partial charge in [-0.3, -0.25) is 0 Å². The van der Waals surface area contributed by atoms with Crippen molar-refractivity contribution in [2.24, 2.45) is 5.92 Å². The van der Waals surface area contributed by atoms with Gasteiger partial charge in [0, 0.05) is 18.4 Å². The minimum atomic E-state index is -0.0182. The Morgan fingerprint density at radius 1 is 1.37 bits per heavy atom. The van der Waals surface area contributed by atoms with E-state index in [-0.39, 0.29) is 11.5 Å². The van der Waals surface area contributed by atoms with Crippen molar-refractivity contribution in [1.29, 1.82) is 5.26 Å². The maximum Gasteiger partial charge on any atom is 0.0631 e. The molecule has 1 heterocycles. The highest BCUT2D eigenvalue weighted by atomic mass is 16.5. The lowest BCUT2D eigenvalue weighted by atomic mass is 9.69. The summed E-state index contributed by atoms with van der Waals surface area (Å²) in [7, 11) is 0. The molecule has 1 aromatic rings. The molecule has 0 aliphatic carbocycles. The molecule has 1 saturated heterocycles. The number of rotatable bonds is 3. The average molecular weight is 257 g/mol. The van der Waals surface area contributed by atoms with Gasteiger partial charge >= 0.3 is 0 Å². The van der Waals surface area contributed by atoms with Crippen molar-refractivity contribution in [2.45, 2.75) is 51.6 Å². The zero-order valence-corrected chi connectivity index (χ0v) is 12.1. The van der Waals surface area contributed by atoms with Gasteiger partial charge in [0.05, 0.1) is 12.2 Å². The second-order valence-corrected chi connectivity index (χ2v) is 6.09. The first-order valence-corrected chi connectivity index (χ1v) is 7.13. The number of nitriles is 1. The van der Waals surface area contributed by atoms with Crippen molar-refractivity contribution in [3.63, 3.8) is 0 Å². The fraction of sp³-hybridized carbons (Fsp3) is 0.588. The predicted molar refractivity (Wildman–Crippen MR) is 76.9 cm³/mol. The van der Waals surface area contributed by atoms with E-state index in [1.807, 2.05) is 0 Å². The summed E-state index contributed by atoms with van der Waals surface area (Å²) < 4.78 is 5.88. The van der Waals surface area contributed by atoms with Crippen LogP contribution in [-0.4, -0.2) is 12.7 Å². The van der Waals surface area contributed by atoms with Gasteiger partial charge in [-0.15, -0.1) is 0 Å². The van der Waals surface area contributed by atoms with Crippen LogP contribution in [0.2, 0.25) is 0 Å². The van der Waals surface area contributed by atoms with Crippen LogP contribution in [0.5, 0.6) is 0 Å². The van der Waals surface area contributed by atoms with Crippen LogP contribution in [-0.2, 0) is 10.2 Å². The van der Waals surface area contributed by atoms with E-state index in [2.05, 4.69) is 51.1 Å². The topological polar surface area (TPSA) is 33.0 Å². The van der Waals surface area contributed by atoms with Crippen LogP contribution in [0.15, 0.2) is 24.3 Å². The molecule has 0 bridgehead atoms. The minimum absolute atomic E-state index is 0.0182. The van der Waals surface area contributed by atoms with E-state index < -0.39 is 0 Å². The Bertz CT molecular complexity index is 457. The normalized spacial score (nSPS) is 27.2. The molecular formula is C17H23NO. The van der Waals surface area contributed by atoms with E-state index >= 15 is 0 Å². The van der Waals surface area contributed by atoms with Crippen LogP contribution in [0.1, 0.15) is 44.2 Å². The number of hydrogen-bond donors (Lipinski definition) is 0. The van der Waals surface area contributed by atoms with Gasteiger partial charge in [-0.05, 0) is 31.2 Å². The van der Waals surface area contributed by atoms with Crippen molar-refractivity contribution < 1.29 is 4.74 Å². The van der Waals surface area contributed by atoms with E-state index in [4.69, 9.17) is 4.74 Å². The summed E-state index contributed by atoms with van der Waals surface area (Å²) in [5.74, 6) is 0.504. The molecule has 0 aromatic heterocycles. The minimum Gasteiger partial charge on any atom is -0.378 e. The summed E-state index contributed by atoms with van der Waals surface area (Å²) in [5, 5.41) is 9.23. The van der Waals surface area contributed by atoms with Gasteiger partial charge in [0.1, 0.15) is 0 Å². The zero-order chi connectivity index (χ0) is 13.9. The highest BCUT2D eigenvalue weighted by molar-refractivity contribution is 5.30. The van der Waals surface area contributed by atoms with Crippen LogP contribution >= 0.6 is 0 Å². The van der Waals surface area contributed by atoms with Gasteiger partial charge in [0.15, 0.2) is 0 Å². The third-order valence-corrected chi connectivity index (χ3v) is 4.33.